The predicted octanol–water partition coefficient (Wildman–Crippen LogP) is 5.09. The molecule has 0 saturated carbocycles. The molecule has 33 heavy (non-hydrogen) atoms. The molecular weight excluding hydrogens is 424 g/mol. The maximum atomic E-state index is 15.4. The highest BCUT2D eigenvalue weighted by Gasteiger charge is 2.35. The second-order valence-corrected chi connectivity index (χ2v) is 8.12. The number of benzene rings is 2. The van der Waals surface area contributed by atoms with E-state index >= 15 is 8.78 Å². The van der Waals surface area contributed by atoms with E-state index in [4.69, 9.17) is 5.11 Å². The van der Waals surface area contributed by atoms with Crippen LogP contribution in [0.3, 0.4) is 0 Å². The molecule has 5 rings (SSSR count). The Labute approximate surface area is 189 Å². The predicted molar refractivity (Wildman–Crippen MR) is 122 cm³/mol. The molecule has 1 unspecified atom stereocenters. The first kappa shape index (κ1) is 21.0. The van der Waals surface area contributed by atoms with Gasteiger partial charge in [-0.3, -0.25) is 9.88 Å². The molecule has 0 aliphatic carbocycles. The Morgan fingerprint density at radius 3 is 2.70 bits per heavy atom. The lowest BCUT2D eigenvalue weighted by atomic mass is 9.90. The van der Waals surface area contributed by atoms with Crippen molar-refractivity contribution in [3.05, 3.63) is 107 Å². The van der Waals surface area contributed by atoms with Crippen molar-refractivity contribution in [2.45, 2.75) is 19.0 Å². The molecule has 5 nitrogen and oxygen atoms in total. The standard InChI is InChI=1S/C26H21F2N3O2/c27-20-12-16(7-8-23(32)33)13-21(28)24(20)26-25-19(18-5-1-2-6-22(18)30-25)9-11-31(26)15-17-4-3-10-29-14-17/h1-8,10,12-14,26,30H,9,11,15H2,(H,32,33)/b8-7+. The third-order valence-electron chi connectivity index (χ3n) is 6.04. The van der Waals surface area contributed by atoms with Gasteiger partial charge in [0.05, 0.1) is 6.04 Å². The van der Waals surface area contributed by atoms with Crippen molar-refractivity contribution in [3.8, 4) is 0 Å². The van der Waals surface area contributed by atoms with Crippen LogP contribution in [0.2, 0.25) is 0 Å². The van der Waals surface area contributed by atoms with Crippen molar-refractivity contribution in [1.82, 2.24) is 14.9 Å². The topological polar surface area (TPSA) is 69.2 Å². The number of nitrogens with one attached hydrogen (secondary N) is 1. The number of para-hydroxylation sites is 1. The minimum atomic E-state index is -1.18. The Bertz CT molecular complexity index is 1340. The molecule has 3 heterocycles. The molecule has 0 fully saturated rings. The first-order valence-electron chi connectivity index (χ1n) is 10.6. The number of fused-ring (bicyclic) bond motifs is 3. The molecule has 2 aromatic heterocycles. The molecule has 1 aliphatic rings. The van der Waals surface area contributed by atoms with E-state index in [0.717, 1.165) is 40.2 Å². The number of carbonyl (C=O) groups is 1. The zero-order valence-electron chi connectivity index (χ0n) is 17.6. The van der Waals surface area contributed by atoms with Crippen LogP contribution in [-0.2, 0) is 17.8 Å². The number of H-pyrrole nitrogens is 1. The van der Waals surface area contributed by atoms with Crippen LogP contribution in [0.5, 0.6) is 0 Å². The lowest BCUT2D eigenvalue weighted by Crippen LogP contribution is -2.36. The van der Waals surface area contributed by atoms with Gasteiger partial charge < -0.3 is 10.1 Å². The fourth-order valence-corrected chi connectivity index (χ4v) is 4.64. The molecule has 4 aromatic rings. The number of nitrogens with zero attached hydrogens (tertiary/aromatic N) is 2. The number of aromatic nitrogens is 2. The summed E-state index contributed by atoms with van der Waals surface area (Å²) >= 11 is 0. The summed E-state index contributed by atoms with van der Waals surface area (Å²) in [6.07, 6.45) is 6.23. The molecule has 166 valence electrons. The van der Waals surface area contributed by atoms with Gasteiger partial charge in [0, 0.05) is 53.7 Å². The van der Waals surface area contributed by atoms with Crippen LogP contribution in [0.15, 0.2) is 67.0 Å². The van der Waals surface area contributed by atoms with Gasteiger partial charge >= 0.3 is 5.97 Å². The van der Waals surface area contributed by atoms with E-state index in [1.165, 1.54) is 18.2 Å². The van der Waals surface area contributed by atoms with E-state index in [9.17, 15) is 4.79 Å². The minimum absolute atomic E-state index is 0.0566. The summed E-state index contributed by atoms with van der Waals surface area (Å²) in [5.74, 6) is -2.61. The lowest BCUT2D eigenvalue weighted by molar-refractivity contribution is -0.131. The average molecular weight is 445 g/mol. The van der Waals surface area contributed by atoms with E-state index in [0.29, 0.717) is 13.1 Å². The molecule has 0 bridgehead atoms. The first-order valence-corrected chi connectivity index (χ1v) is 10.6. The van der Waals surface area contributed by atoms with Crippen LogP contribution in [0.4, 0.5) is 8.78 Å². The van der Waals surface area contributed by atoms with E-state index in [1.807, 2.05) is 41.3 Å². The van der Waals surface area contributed by atoms with Gasteiger partial charge in [-0.25, -0.2) is 13.6 Å². The average Bonchev–Trinajstić information content (AvgIpc) is 3.18. The second-order valence-electron chi connectivity index (χ2n) is 8.12. The summed E-state index contributed by atoms with van der Waals surface area (Å²) < 4.78 is 30.8. The molecule has 1 aliphatic heterocycles. The normalized spacial score (nSPS) is 16.4. The van der Waals surface area contributed by atoms with Crippen molar-refractivity contribution >= 4 is 22.9 Å². The first-order chi connectivity index (χ1) is 16.0. The molecule has 0 amide bonds. The maximum Gasteiger partial charge on any atom is 0.328 e. The highest BCUT2D eigenvalue weighted by atomic mass is 19.1. The number of rotatable bonds is 5. The van der Waals surface area contributed by atoms with Gasteiger partial charge in [0.15, 0.2) is 0 Å². The van der Waals surface area contributed by atoms with Crippen LogP contribution in [-0.4, -0.2) is 32.5 Å². The molecule has 2 N–H and O–H groups in total. The van der Waals surface area contributed by atoms with Gasteiger partial charge in [-0.15, -0.1) is 0 Å². The number of hydrogen-bond acceptors (Lipinski definition) is 3. The molecule has 0 spiro atoms. The van der Waals surface area contributed by atoms with E-state index in [1.54, 1.807) is 12.4 Å². The Hall–Kier alpha value is -3.84. The Morgan fingerprint density at radius 1 is 1.18 bits per heavy atom. The van der Waals surface area contributed by atoms with Crippen LogP contribution in [0, 0.1) is 11.6 Å². The third kappa shape index (κ3) is 4.03. The number of aliphatic carboxylic acids is 1. The second kappa shape index (κ2) is 8.60. The Balaban J connectivity index is 1.65. The zero-order chi connectivity index (χ0) is 22.9. The minimum Gasteiger partial charge on any atom is -0.478 e. The quantitative estimate of drug-likeness (QED) is 0.420. The zero-order valence-corrected chi connectivity index (χ0v) is 17.6. The molecule has 2 aromatic carbocycles. The van der Waals surface area contributed by atoms with Crippen molar-refractivity contribution in [1.29, 1.82) is 0 Å². The lowest BCUT2D eigenvalue weighted by Gasteiger charge is -2.36. The molecule has 0 saturated heterocycles. The van der Waals surface area contributed by atoms with E-state index in [-0.39, 0.29) is 11.1 Å². The van der Waals surface area contributed by atoms with Crippen molar-refractivity contribution in [3.63, 3.8) is 0 Å². The summed E-state index contributed by atoms with van der Waals surface area (Å²) in [6, 6.07) is 13.3. The van der Waals surface area contributed by atoms with E-state index in [2.05, 4.69) is 9.97 Å². The van der Waals surface area contributed by atoms with E-state index < -0.39 is 23.6 Å². The van der Waals surface area contributed by atoms with Gasteiger partial charge in [-0.2, -0.15) is 0 Å². The van der Waals surface area contributed by atoms with Crippen LogP contribution < -0.4 is 0 Å². The number of aromatic amines is 1. The van der Waals surface area contributed by atoms with Crippen molar-refractivity contribution in [2.24, 2.45) is 0 Å². The smallest absolute Gasteiger partial charge is 0.328 e. The highest BCUT2D eigenvalue weighted by Crippen LogP contribution is 2.41. The monoisotopic (exact) mass is 445 g/mol. The Kier molecular flexibility index (Phi) is 5.48. The van der Waals surface area contributed by atoms with Gasteiger partial charge in [0.25, 0.3) is 0 Å². The van der Waals surface area contributed by atoms with Crippen LogP contribution in [0.25, 0.3) is 17.0 Å². The summed E-state index contributed by atoms with van der Waals surface area (Å²) in [5.41, 5.74) is 3.81. The SMILES string of the molecule is O=C(O)/C=C/c1cc(F)c(C2c3[nH]c4ccccc4c3CCN2Cc2cccnc2)c(F)c1. The number of carboxylic acid groups (broad SMARTS) is 1. The van der Waals surface area contributed by atoms with Gasteiger partial charge in [0.1, 0.15) is 11.6 Å². The Morgan fingerprint density at radius 2 is 1.97 bits per heavy atom. The summed E-state index contributed by atoms with van der Waals surface area (Å²) in [6.45, 7) is 1.10. The summed E-state index contributed by atoms with van der Waals surface area (Å²) in [5, 5.41) is 9.89. The van der Waals surface area contributed by atoms with Crippen molar-refractivity contribution < 1.29 is 18.7 Å². The van der Waals surface area contributed by atoms with Gasteiger partial charge in [-0.1, -0.05) is 24.3 Å². The third-order valence-corrected chi connectivity index (χ3v) is 6.04. The van der Waals surface area contributed by atoms with Crippen molar-refractivity contribution in [2.75, 3.05) is 6.54 Å². The van der Waals surface area contributed by atoms with Crippen LogP contribution in [0.1, 0.15) is 34.0 Å². The number of pyridine rings is 1. The number of hydrogen-bond donors (Lipinski definition) is 2. The summed E-state index contributed by atoms with van der Waals surface area (Å²) in [7, 11) is 0. The summed E-state index contributed by atoms with van der Waals surface area (Å²) in [4.78, 5) is 20.4. The number of halogens is 2. The number of carboxylic acids is 1. The van der Waals surface area contributed by atoms with Gasteiger partial charge in [-0.05, 0) is 53.5 Å². The maximum absolute atomic E-state index is 15.4. The molecule has 0 radical (unpaired) electrons. The largest absolute Gasteiger partial charge is 0.478 e. The molecule has 1 atom stereocenters. The van der Waals surface area contributed by atoms with Crippen LogP contribution >= 0.6 is 0 Å². The molecule has 7 heteroatoms. The highest BCUT2D eigenvalue weighted by molar-refractivity contribution is 5.86. The fraction of sp³-hybridized carbons (Fsp3) is 0.154. The van der Waals surface area contributed by atoms with Gasteiger partial charge in [0.2, 0.25) is 0 Å². The fourth-order valence-electron chi connectivity index (χ4n) is 4.64. The molecular formula is C26H21F2N3O2.